The van der Waals surface area contributed by atoms with Gasteiger partial charge in [-0.15, -0.1) is 0 Å². The Kier molecular flexibility index (Phi) is 3.99. The Morgan fingerprint density at radius 3 is 2.50 bits per heavy atom. The summed E-state index contributed by atoms with van der Waals surface area (Å²) in [7, 11) is 1.73. The predicted octanol–water partition coefficient (Wildman–Crippen LogP) is 2.71. The van der Waals surface area contributed by atoms with Crippen molar-refractivity contribution in [3.8, 4) is 5.69 Å². The van der Waals surface area contributed by atoms with E-state index in [1.807, 2.05) is 29.1 Å². The molecule has 1 aromatic heterocycles. The lowest BCUT2D eigenvalue weighted by Gasteiger charge is -2.21. The molecule has 2 rings (SSSR count). The van der Waals surface area contributed by atoms with Gasteiger partial charge in [-0.05, 0) is 44.2 Å². The first kappa shape index (κ1) is 12.6. The molecule has 1 aromatic carbocycles. The lowest BCUT2D eigenvalue weighted by atomic mass is 10.2. The third-order valence-corrected chi connectivity index (χ3v) is 3.11. The molecule has 96 valence electrons. The van der Waals surface area contributed by atoms with Crippen LogP contribution < -0.4 is 5.32 Å². The molecule has 0 aliphatic rings. The fourth-order valence-corrected chi connectivity index (χ4v) is 1.72. The van der Waals surface area contributed by atoms with E-state index in [-0.39, 0.29) is 12.1 Å². The van der Waals surface area contributed by atoms with E-state index < -0.39 is 0 Å². The molecule has 2 unspecified atom stereocenters. The van der Waals surface area contributed by atoms with Gasteiger partial charge < -0.3 is 10.1 Å². The van der Waals surface area contributed by atoms with Gasteiger partial charge in [0.25, 0.3) is 0 Å². The second kappa shape index (κ2) is 5.69. The van der Waals surface area contributed by atoms with E-state index in [1.54, 1.807) is 13.3 Å². The van der Waals surface area contributed by atoms with E-state index in [1.165, 1.54) is 0 Å². The normalized spacial score (nSPS) is 14.2. The van der Waals surface area contributed by atoms with Crippen LogP contribution >= 0.6 is 0 Å². The van der Waals surface area contributed by atoms with Gasteiger partial charge in [0.2, 0.25) is 0 Å². The smallest absolute Gasteiger partial charge is 0.0741 e. The Morgan fingerprint density at radius 2 is 1.94 bits per heavy atom. The molecular weight excluding hydrogens is 226 g/mol. The Morgan fingerprint density at radius 1 is 1.22 bits per heavy atom. The van der Waals surface area contributed by atoms with Crippen LogP contribution in [0.1, 0.15) is 13.8 Å². The predicted molar refractivity (Wildman–Crippen MR) is 73.1 cm³/mol. The molecule has 4 heteroatoms. The maximum atomic E-state index is 5.29. The molecule has 0 saturated carbocycles. The number of hydrogen-bond acceptors (Lipinski definition) is 3. The average molecular weight is 245 g/mol. The molecule has 0 saturated heterocycles. The number of methoxy groups -OCH3 is 1. The topological polar surface area (TPSA) is 39.1 Å². The number of rotatable bonds is 5. The van der Waals surface area contributed by atoms with E-state index in [0.29, 0.717) is 0 Å². The van der Waals surface area contributed by atoms with Gasteiger partial charge in [0, 0.05) is 31.2 Å². The SMILES string of the molecule is COC(C)C(C)Nc1ccc(-n2cccn2)cc1. The third-order valence-electron chi connectivity index (χ3n) is 3.11. The van der Waals surface area contributed by atoms with Gasteiger partial charge in [-0.3, -0.25) is 0 Å². The average Bonchev–Trinajstić information content (AvgIpc) is 2.92. The second-order valence-electron chi connectivity index (χ2n) is 4.37. The Bertz CT molecular complexity index is 464. The standard InChI is InChI=1S/C14H19N3O/c1-11(12(2)18-3)16-13-5-7-14(8-6-13)17-10-4-9-15-17/h4-12,16H,1-3H3. The summed E-state index contributed by atoms with van der Waals surface area (Å²) >= 11 is 0. The van der Waals surface area contributed by atoms with Gasteiger partial charge in [-0.25, -0.2) is 4.68 Å². The number of anilines is 1. The van der Waals surface area contributed by atoms with Crippen LogP contribution in [0.15, 0.2) is 42.7 Å². The highest BCUT2D eigenvalue weighted by Gasteiger charge is 2.10. The minimum Gasteiger partial charge on any atom is -0.380 e. The summed E-state index contributed by atoms with van der Waals surface area (Å²) in [4.78, 5) is 0. The first-order valence-corrected chi connectivity index (χ1v) is 6.10. The highest BCUT2D eigenvalue weighted by molar-refractivity contribution is 5.49. The van der Waals surface area contributed by atoms with Gasteiger partial charge in [0.1, 0.15) is 0 Å². The highest BCUT2D eigenvalue weighted by atomic mass is 16.5. The highest BCUT2D eigenvalue weighted by Crippen LogP contribution is 2.14. The van der Waals surface area contributed by atoms with E-state index in [0.717, 1.165) is 11.4 Å². The van der Waals surface area contributed by atoms with Crippen molar-refractivity contribution in [3.05, 3.63) is 42.7 Å². The van der Waals surface area contributed by atoms with E-state index in [9.17, 15) is 0 Å². The first-order chi connectivity index (χ1) is 8.70. The molecule has 1 heterocycles. The summed E-state index contributed by atoms with van der Waals surface area (Å²) in [6, 6.07) is 10.4. The monoisotopic (exact) mass is 245 g/mol. The molecule has 18 heavy (non-hydrogen) atoms. The van der Waals surface area contributed by atoms with Crippen molar-refractivity contribution >= 4 is 5.69 Å². The number of aromatic nitrogens is 2. The fraction of sp³-hybridized carbons (Fsp3) is 0.357. The van der Waals surface area contributed by atoms with E-state index in [2.05, 4.69) is 36.4 Å². The molecule has 0 fully saturated rings. The molecule has 0 aliphatic heterocycles. The van der Waals surface area contributed by atoms with Gasteiger partial charge in [0.05, 0.1) is 11.8 Å². The quantitative estimate of drug-likeness (QED) is 0.880. The summed E-state index contributed by atoms with van der Waals surface area (Å²) in [5, 5.41) is 7.61. The minimum atomic E-state index is 0.177. The number of hydrogen-bond donors (Lipinski definition) is 1. The molecule has 0 aliphatic carbocycles. The van der Waals surface area contributed by atoms with Crippen molar-refractivity contribution in [2.75, 3.05) is 12.4 Å². The van der Waals surface area contributed by atoms with Gasteiger partial charge >= 0.3 is 0 Å². The van der Waals surface area contributed by atoms with Crippen LogP contribution in [0.25, 0.3) is 5.69 Å². The molecule has 1 N–H and O–H groups in total. The number of nitrogens with zero attached hydrogens (tertiary/aromatic N) is 2. The Balaban J connectivity index is 2.04. The van der Waals surface area contributed by atoms with Crippen molar-refractivity contribution in [1.29, 1.82) is 0 Å². The fourth-order valence-electron chi connectivity index (χ4n) is 1.72. The van der Waals surface area contributed by atoms with Crippen LogP contribution in [0.2, 0.25) is 0 Å². The Hall–Kier alpha value is -1.81. The summed E-state index contributed by atoms with van der Waals surface area (Å²) < 4.78 is 7.13. The van der Waals surface area contributed by atoms with E-state index >= 15 is 0 Å². The summed E-state index contributed by atoms with van der Waals surface area (Å²) in [6.07, 6.45) is 3.88. The minimum absolute atomic E-state index is 0.177. The van der Waals surface area contributed by atoms with Gasteiger partial charge in [-0.2, -0.15) is 5.10 Å². The second-order valence-corrected chi connectivity index (χ2v) is 4.37. The summed E-state index contributed by atoms with van der Waals surface area (Å²) in [6.45, 7) is 4.16. The van der Waals surface area contributed by atoms with Crippen molar-refractivity contribution < 1.29 is 4.74 Å². The molecule has 0 amide bonds. The number of ether oxygens (including phenoxy) is 1. The molecule has 4 nitrogen and oxygen atoms in total. The third kappa shape index (κ3) is 2.90. The zero-order valence-corrected chi connectivity index (χ0v) is 11.0. The van der Waals surface area contributed by atoms with Crippen LogP contribution in [0.4, 0.5) is 5.69 Å². The molecule has 0 spiro atoms. The zero-order valence-electron chi connectivity index (χ0n) is 11.0. The van der Waals surface area contributed by atoms with E-state index in [4.69, 9.17) is 4.74 Å². The lowest BCUT2D eigenvalue weighted by molar-refractivity contribution is 0.106. The molecule has 2 atom stereocenters. The van der Waals surface area contributed by atoms with Crippen LogP contribution in [-0.4, -0.2) is 29.0 Å². The van der Waals surface area contributed by atoms with Crippen LogP contribution in [-0.2, 0) is 4.74 Å². The molecule has 2 aromatic rings. The first-order valence-electron chi connectivity index (χ1n) is 6.10. The van der Waals surface area contributed by atoms with Crippen LogP contribution in [0.3, 0.4) is 0 Å². The molecule has 0 radical (unpaired) electrons. The van der Waals surface area contributed by atoms with Crippen LogP contribution in [0, 0.1) is 0 Å². The lowest BCUT2D eigenvalue weighted by Crippen LogP contribution is -2.29. The van der Waals surface area contributed by atoms with Crippen molar-refractivity contribution in [2.45, 2.75) is 26.0 Å². The largest absolute Gasteiger partial charge is 0.380 e. The van der Waals surface area contributed by atoms with Crippen molar-refractivity contribution in [1.82, 2.24) is 9.78 Å². The van der Waals surface area contributed by atoms with Gasteiger partial charge in [0.15, 0.2) is 0 Å². The molecule has 0 bridgehead atoms. The number of nitrogens with one attached hydrogen (secondary N) is 1. The van der Waals surface area contributed by atoms with Crippen molar-refractivity contribution in [2.24, 2.45) is 0 Å². The Labute approximate surface area is 108 Å². The maximum Gasteiger partial charge on any atom is 0.0741 e. The summed E-state index contributed by atoms with van der Waals surface area (Å²) in [5.41, 5.74) is 2.14. The number of benzene rings is 1. The zero-order chi connectivity index (χ0) is 13.0. The van der Waals surface area contributed by atoms with Crippen molar-refractivity contribution in [3.63, 3.8) is 0 Å². The maximum absolute atomic E-state index is 5.29. The molecular formula is C14H19N3O. The van der Waals surface area contributed by atoms with Gasteiger partial charge in [-0.1, -0.05) is 0 Å². The van der Waals surface area contributed by atoms with Crippen LogP contribution in [0.5, 0.6) is 0 Å². The summed E-state index contributed by atoms with van der Waals surface area (Å²) in [5.74, 6) is 0.